The summed E-state index contributed by atoms with van der Waals surface area (Å²) in [5.74, 6) is -1.08. The van der Waals surface area contributed by atoms with E-state index in [4.69, 9.17) is 16.3 Å². The fraction of sp³-hybridized carbons (Fsp3) is 0.621. The van der Waals surface area contributed by atoms with E-state index in [1.807, 2.05) is 0 Å². The zero-order valence-electron chi connectivity index (χ0n) is 24.2. The van der Waals surface area contributed by atoms with Crippen molar-refractivity contribution in [3.8, 4) is 0 Å². The van der Waals surface area contributed by atoms with Crippen LogP contribution in [0.1, 0.15) is 74.5 Å². The molecule has 0 radical (unpaired) electrons. The normalized spacial score (nSPS) is 22.1. The molecule has 1 saturated carbocycles. The molecule has 1 aromatic carbocycles. The molecule has 3 fully saturated rings. The number of hydrogen-bond acceptors (Lipinski definition) is 5. The Morgan fingerprint density at radius 1 is 1.02 bits per heavy atom. The Morgan fingerprint density at radius 3 is 2.29 bits per heavy atom. The van der Waals surface area contributed by atoms with Gasteiger partial charge in [0.25, 0.3) is 0 Å². The number of nitrogens with zero attached hydrogens (tertiary/aromatic N) is 5. The van der Waals surface area contributed by atoms with E-state index in [9.17, 15) is 27.2 Å². The van der Waals surface area contributed by atoms with E-state index >= 15 is 0 Å². The monoisotopic (exact) mass is 613 g/mol. The summed E-state index contributed by atoms with van der Waals surface area (Å²) >= 11 is 6.68. The molecule has 0 spiro atoms. The standard InChI is InChI=1S/C29H36ClF4N5O3/c1-17-13-19(31)14-20(25(17)30)26-22(36-9-11-37(12-10-36)27(41)42-28(2,3)4)7-8-38(26)24(40)16-39-23(29(32,33)34)15-21(35-39)18-5-6-18/h13-15,18,22,26H,5-12,16H2,1-4H3/t22-,26-/m0/s1. The van der Waals surface area contributed by atoms with Gasteiger partial charge in [0.05, 0.1) is 11.7 Å². The van der Waals surface area contributed by atoms with E-state index in [0.717, 1.165) is 23.6 Å². The number of rotatable bonds is 5. The van der Waals surface area contributed by atoms with Crippen LogP contribution >= 0.6 is 11.6 Å². The number of halogens is 5. The highest BCUT2D eigenvalue weighted by Gasteiger charge is 2.45. The molecule has 2 aromatic rings. The molecule has 13 heteroatoms. The number of aromatic nitrogens is 2. The van der Waals surface area contributed by atoms with Crippen molar-refractivity contribution < 1.29 is 31.9 Å². The second-order valence-electron chi connectivity index (χ2n) is 12.4. The molecule has 3 aliphatic rings. The van der Waals surface area contributed by atoms with Gasteiger partial charge >= 0.3 is 12.3 Å². The van der Waals surface area contributed by atoms with Gasteiger partial charge in [-0.15, -0.1) is 0 Å². The molecule has 2 saturated heterocycles. The predicted octanol–water partition coefficient (Wildman–Crippen LogP) is 5.78. The van der Waals surface area contributed by atoms with E-state index in [1.165, 1.54) is 17.0 Å². The predicted molar refractivity (Wildman–Crippen MR) is 148 cm³/mol. The number of hydrogen-bond donors (Lipinski definition) is 0. The Labute approximate surface area is 247 Å². The minimum Gasteiger partial charge on any atom is -0.444 e. The Morgan fingerprint density at radius 2 is 1.69 bits per heavy atom. The van der Waals surface area contributed by atoms with Crippen LogP contribution in [0.25, 0.3) is 0 Å². The molecule has 0 N–H and O–H groups in total. The van der Waals surface area contributed by atoms with Gasteiger partial charge in [0.1, 0.15) is 23.7 Å². The number of amides is 2. The maximum atomic E-state index is 14.7. The molecular formula is C29H36ClF4N5O3. The molecule has 0 bridgehead atoms. The maximum absolute atomic E-state index is 14.7. The lowest BCUT2D eigenvalue weighted by atomic mass is 9.96. The number of carbonyl (C=O) groups is 2. The first kappa shape index (κ1) is 30.6. The molecule has 1 aromatic heterocycles. The molecule has 42 heavy (non-hydrogen) atoms. The third kappa shape index (κ3) is 6.54. The first-order valence-corrected chi connectivity index (χ1v) is 14.6. The SMILES string of the molecule is Cc1cc(F)cc([C@H]2[C@@H](N3CCN(C(=O)OC(C)(C)C)CC3)CCN2C(=O)Cn2nc(C3CC3)cc2C(F)(F)F)c1Cl. The second-order valence-corrected chi connectivity index (χ2v) is 12.8. The summed E-state index contributed by atoms with van der Waals surface area (Å²) in [4.78, 5) is 31.6. The van der Waals surface area contributed by atoms with Gasteiger partial charge in [-0.05, 0) is 76.3 Å². The van der Waals surface area contributed by atoms with E-state index in [1.54, 1.807) is 32.6 Å². The third-order valence-electron chi connectivity index (χ3n) is 8.06. The molecule has 230 valence electrons. The summed E-state index contributed by atoms with van der Waals surface area (Å²) in [6.07, 6.45) is -3.01. The highest BCUT2D eigenvalue weighted by Crippen LogP contribution is 2.43. The summed E-state index contributed by atoms with van der Waals surface area (Å²) < 4.78 is 62.5. The lowest BCUT2D eigenvalue weighted by Gasteiger charge is -2.41. The van der Waals surface area contributed by atoms with Gasteiger partial charge in [-0.25, -0.2) is 9.18 Å². The third-order valence-corrected chi connectivity index (χ3v) is 8.57. The second kappa shape index (κ2) is 11.3. The van der Waals surface area contributed by atoms with Crippen LogP contribution in [0, 0.1) is 12.7 Å². The minimum absolute atomic E-state index is 0.0141. The number of benzene rings is 1. The number of alkyl halides is 3. The summed E-state index contributed by atoms with van der Waals surface area (Å²) in [6, 6.07) is 2.66. The van der Waals surface area contributed by atoms with Crippen molar-refractivity contribution in [2.45, 2.75) is 83.3 Å². The number of carbonyl (C=O) groups excluding carboxylic acids is 2. The van der Waals surface area contributed by atoms with Gasteiger partial charge in [-0.1, -0.05) is 11.6 Å². The highest BCUT2D eigenvalue weighted by atomic mass is 35.5. The van der Waals surface area contributed by atoms with Crippen molar-refractivity contribution in [2.75, 3.05) is 32.7 Å². The van der Waals surface area contributed by atoms with Crippen LogP contribution in [0.3, 0.4) is 0 Å². The van der Waals surface area contributed by atoms with Crippen LogP contribution in [-0.4, -0.2) is 80.8 Å². The number of ether oxygens (including phenoxy) is 1. The minimum atomic E-state index is -4.66. The van der Waals surface area contributed by atoms with Crippen LogP contribution in [0.2, 0.25) is 5.02 Å². The molecule has 0 unspecified atom stereocenters. The first-order valence-electron chi connectivity index (χ1n) is 14.2. The lowest BCUT2D eigenvalue weighted by Crippen LogP contribution is -2.54. The number of piperazine rings is 1. The van der Waals surface area contributed by atoms with E-state index < -0.39 is 47.9 Å². The lowest BCUT2D eigenvalue weighted by molar-refractivity contribution is -0.146. The fourth-order valence-electron chi connectivity index (χ4n) is 5.93. The van der Waals surface area contributed by atoms with Crippen LogP contribution in [0.15, 0.2) is 18.2 Å². The van der Waals surface area contributed by atoms with Crippen LogP contribution in [0.5, 0.6) is 0 Å². The van der Waals surface area contributed by atoms with Gasteiger partial charge in [0.2, 0.25) is 5.91 Å². The van der Waals surface area contributed by atoms with Crippen LogP contribution in [-0.2, 0) is 22.3 Å². The molecular weight excluding hydrogens is 578 g/mol. The quantitative estimate of drug-likeness (QED) is 0.400. The van der Waals surface area contributed by atoms with Crippen LogP contribution in [0.4, 0.5) is 22.4 Å². The van der Waals surface area contributed by atoms with Gasteiger partial charge in [-0.3, -0.25) is 14.4 Å². The average Bonchev–Trinajstić information content (AvgIpc) is 3.49. The van der Waals surface area contributed by atoms with Gasteiger partial charge in [0, 0.05) is 49.7 Å². The van der Waals surface area contributed by atoms with Crippen molar-refractivity contribution in [1.29, 1.82) is 0 Å². The summed E-state index contributed by atoms with van der Waals surface area (Å²) in [5.41, 5.74) is -0.326. The first-order chi connectivity index (χ1) is 19.6. The molecule has 2 amide bonds. The van der Waals surface area contributed by atoms with E-state index in [2.05, 4.69) is 10.00 Å². The topological polar surface area (TPSA) is 70.9 Å². The van der Waals surface area contributed by atoms with Gasteiger partial charge in [0.15, 0.2) is 0 Å². The van der Waals surface area contributed by atoms with Crippen molar-refractivity contribution in [2.24, 2.45) is 0 Å². The fourth-order valence-corrected chi connectivity index (χ4v) is 6.15. The Kier molecular flexibility index (Phi) is 8.25. The number of likely N-dealkylation sites (tertiary alicyclic amines) is 1. The van der Waals surface area contributed by atoms with Gasteiger partial charge < -0.3 is 14.5 Å². The van der Waals surface area contributed by atoms with Gasteiger partial charge in [-0.2, -0.15) is 18.3 Å². The highest BCUT2D eigenvalue weighted by molar-refractivity contribution is 6.32. The average molecular weight is 614 g/mol. The van der Waals surface area contributed by atoms with Crippen molar-refractivity contribution in [3.05, 3.63) is 51.6 Å². The van der Waals surface area contributed by atoms with Crippen molar-refractivity contribution in [1.82, 2.24) is 24.5 Å². The smallest absolute Gasteiger partial charge is 0.433 e. The maximum Gasteiger partial charge on any atom is 0.433 e. The molecule has 2 atom stereocenters. The van der Waals surface area contributed by atoms with Crippen molar-refractivity contribution >= 4 is 23.6 Å². The Hall–Kier alpha value is -2.86. The van der Waals surface area contributed by atoms with E-state index in [-0.39, 0.29) is 18.5 Å². The Balaban J connectivity index is 1.40. The zero-order valence-corrected chi connectivity index (χ0v) is 24.9. The number of aryl methyl sites for hydroxylation is 1. The van der Waals surface area contributed by atoms with Crippen molar-refractivity contribution in [3.63, 3.8) is 0 Å². The van der Waals surface area contributed by atoms with Crippen LogP contribution < -0.4 is 0 Å². The largest absolute Gasteiger partial charge is 0.444 e. The molecule has 3 heterocycles. The summed E-state index contributed by atoms with van der Waals surface area (Å²) in [5, 5.41) is 4.47. The molecule has 1 aliphatic carbocycles. The summed E-state index contributed by atoms with van der Waals surface area (Å²) in [7, 11) is 0. The molecule has 8 nitrogen and oxygen atoms in total. The van der Waals surface area contributed by atoms with E-state index in [0.29, 0.717) is 54.4 Å². The molecule has 5 rings (SSSR count). The Bertz CT molecular complexity index is 1350. The zero-order chi connectivity index (χ0) is 30.6. The molecule has 2 aliphatic heterocycles. The summed E-state index contributed by atoms with van der Waals surface area (Å²) in [6.45, 7) is 8.49.